The molecule has 7 nitrogen and oxygen atoms in total. The fraction of sp³-hybridized carbons (Fsp3) is 0.385. The molecule has 0 aromatic carbocycles. The second-order valence-electron chi connectivity index (χ2n) is 4.46. The fourth-order valence-corrected chi connectivity index (χ4v) is 1.76. The summed E-state index contributed by atoms with van der Waals surface area (Å²) in [6, 6.07) is 0. The van der Waals surface area contributed by atoms with Gasteiger partial charge in [0.15, 0.2) is 5.69 Å². The summed E-state index contributed by atoms with van der Waals surface area (Å²) in [7, 11) is 3.56. The summed E-state index contributed by atoms with van der Waals surface area (Å²) in [6.07, 6.45) is 7.68. The van der Waals surface area contributed by atoms with Gasteiger partial charge >= 0.3 is 0 Å². The predicted molar refractivity (Wildman–Crippen MR) is 76.3 cm³/mol. The van der Waals surface area contributed by atoms with Crippen molar-refractivity contribution in [3.05, 3.63) is 29.8 Å². The highest BCUT2D eigenvalue weighted by atomic mass is 16.2. The molecule has 7 heteroatoms. The second-order valence-corrected chi connectivity index (χ2v) is 4.46. The van der Waals surface area contributed by atoms with Crippen molar-refractivity contribution in [1.82, 2.24) is 24.9 Å². The SMILES string of the molecule is CCCNC(=O)c1c(N=Cc2cnn(C)c2)cnn1C. The first-order chi connectivity index (χ1) is 9.61. The number of carbonyl (C=O) groups excluding carboxylic acids is 1. The van der Waals surface area contributed by atoms with E-state index in [-0.39, 0.29) is 5.91 Å². The van der Waals surface area contributed by atoms with Crippen LogP contribution in [0.5, 0.6) is 0 Å². The van der Waals surface area contributed by atoms with E-state index in [0.29, 0.717) is 17.9 Å². The Morgan fingerprint density at radius 1 is 1.40 bits per heavy atom. The van der Waals surface area contributed by atoms with Crippen LogP contribution in [0.4, 0.5) is 5.69 Å². The molecule has 0 aliphatic carbocycles. The lowest BCUT2D eigenvalue weighted by Crippen LogP contribution is -2.26. The highest BCUT2D eigenvalue weighted by Crippen LogP contribution is 2.17. The maximum atomic E-state index is 12.1. The number of hydrogen-bond donors (Lipinski definition) is 1. The average molecular weight is 274 g/mol. The van der Waals surface area contributed by atoms with E-state index in [0.717, 1.165) is 12.0 Å². The number of hydrogen-bond acceptors (Lipinski definition) is 4. The van der Waals surface area contributed by atoms with Gasteiger partial charge in [-0.1, -0.05) is 6.92 Å². The monoisotopic (exact) mass is 274 g/mol. The van der Waals surface area contributed by atoms with Crippen LogP contribution in [0.25, 0.3) is 0 Å². The van der Waals surface area contributed by atoms with E-state index in [1.165, 1.54) is 4.68 Å². The van der Waals surface area contributed by atoms with Gasteiger partial charge in [-0.05, 0) is 6.42 Å². The zero-order valence-electron chi connectivity index (χ0n) is 11.9. The zero-order chi connectivity index (χ0) is 14.5. The molecule has 0 saturated heterocycles. The van der Waals surface area contributed by atoms with Crippen molar-refractivity contribution in [2.24, 2.45) is 19.1 Å². The Morgan fingerprint density at radius 3 is 2.85 bits per heavy atom. The number of nitrogens with one attached hydrogen (secondary N) is 1. The molecule has 2 rings (SSSR count). The number of aliphatic imine (C=N–C) groups is 1. The molecule has 0 spiro atoms. The molecule has 0 aliphatic heterocycles. The summed E-state index contributed by atoms with van der Waals surface area (Å²) in [6.45, 7) is 2.64. The van der Waals surface area contributed by atoms with E-state index in [2.05, 4.69) is 20.5 Å². The quantitative estimate of drug-likeness (QED) is 0.828. The Kier molecular flexibility index (Phi) is 4.29. The van der Waals surface area contributed by atoms with Gasteiger partial charge in [0.05, 0.1) is 12.4 Å². The van der Waals surface area contributed by atoms with Crippen molar-refractivity contribution in [3.8, 4) is 0 Å². The lowest BCUT2D eigenvalue weighted by molar-refractivity contribution is 0.0945. The molecular formula is C13H18N6O. The molecular weight excluding hydrogens is 256 g/mol. The van der Waals surface area contributed by atoms with Crippen LogP contribution < -0.4 is 5.32 Å². The molecule has 2 aromatic heterocycles. The first kappa shape index (κ1) is 14.0. The van der Waals surface area contributed by atoms with Gasteiger partial charge in [-0.3, -0.25) is 19.2 Å². The van der Waals surface area contributed by atoms with Crippen LogP contribution in [0.1, 0.15) is 29.4 Å². The van der Waals surface area contributed by atoms with Crippen LogP contribution in [-0.2, 0) is 14.1 Å². The standard InChI is InChI=1S/C13H18N6O/c1-4-5-14-13(20)12-11(8-17-19(12)3)15-6-10-7-16-18(2)9-10/h6-9H,4-5H2,1-3H3,(H,14,20). The van der Waals surface area contributed by atoms with Crippen LogP contribution >= 0.6 is 0 Å². The third-order valence-corrected chi connectivity index (χ3v) is 2.75. The minimum atomic E-state index is -0.162. The fourth-order valence-electron chi connectivity index (χ4n) is 1.76. The van der Waals surface area contributed by atoms with Crippen molar-refractivity contribution >= 4 is 17.8 Å². The van der Waals surface area contributed by atoms with E-state index < -0.39 is 0 Å². The largest absolute Gasteiger partial charge is 0.351 e. The lowest BCUT2D eigenvalue weighted by atomic mass is 10.3. The first-order valence-electron chi connectivity index (χ1n) is 6.44. The zero-order valence-corrected chi connectivity index (χ0v) is 11.9. The van der Waals surface area contributed by atoms with Gasteiger partial charge in [0, 0.05) is 38.6 Å². The summed E-state index contributed by atoms with van der Waals surface area (Å²) in [5, 5.41) is 11.0. The molecule has 0 fully saturated rings. The number of amides is 1. The molecule has 1 N–H and O–H groups in total. The molecule has 0 atom stereocenters. The average Bonchev–Trinajstić information content (AvgIpc) is 3.00. The van der Waals surface area contributed by atoms with E-state index in [1.54, 1.807) is 30.3 Å². The topological polar surface area (TPSA) is 77.1 Å². The number of aryl methyl sites for hydroxylation is 2. The number of rotatable bonds is 5. The Hall–Kier alpha value is -2.44. The van der Waals surface area contributed by atoms with Gasteiger partial charge in [-0.2, -0.15) is 10.2 Å². The van der Waals surface area contributed by atoms with Gasteiger partial charge < -0.3 is 5.32 Å². The van der Waals surface area contributed by atoms with Crippen molar-refractivity contribution < 1.29 is 4.79 Å². The second kappa shape index (κ2) is 6.14. The lowest BCUT2D eigenvalue weighted by Gasteiger charge is -2.04. The molecule has 20 heavy (non-hydrogen) atoms. The summed E-state index contributed by atoms with van der Waals surface area (Å²) in [5.74, 6) is -0.162. The van der Waals surface area contributed by atoms with Crippen LogP contribution in [0.15, 0.2) is 23.6 Å². The van der Waals surface area contributed by atoms with Crippen LogP contribution in [0, 0.1) is 0 Å². The normalized spacial score (nSPS) is 11.2. The summed E-state index contributed by atoms with van der Waals surface area (Å²) in [5.41, 5.74) is 1.87. The van der Waals surface area contributed by atoms with Crippen LogP contribution in [-0.4, -0.2) is 38.2 Å². The Balaban J connectivity index is 2.20. The molecule has 2 aromatic rings. The van der Waals surface area contributed by atoms with Crippen LogP contribution in [0.3, 0.4) is 0 Å². The van der Waals surface area contributed by atoms with Gasteiger partial charge in [-0.25, -0.2) is 0 Å². The molecule has 0 bridgehead atoms. The first-order valence-corrected chi connectivity index (χ1v) is 6.44. The highest BCUT2D eigenvalue weighted by molar-refractivity contribution is 5.98. The third kappa shape index (κ3) is 3.11. The molecule has 0 aliphatic rings. The van der Waals surface area contributed by atoms with E-state index >= 15 is 0 Å². The molecule has 106 valence electrons. The van der Waals surface area contributed by atoms with E-state index in [1.807, 2.05) is 20.2 Å². The van der Waals surface area contributed by atoms with Gasteiger partial charge in [-0.15, -0.1) is 0 Å². The number of aromatic nitrogens is 4. The maximum Gasteiger partial charge on any atom is 0.271 e. The van der Waals surface area contributed by atoms with Crippen molar-refractivity contribution in [2.75, 3.05) is 6.54 Å². The summed E-state index contributed by atoms with van der Waals surface area (Å²) >= 11 is 0. The number of carbonyl (C=O) groups is 1. The van der Waals surface area contributed by atoms with Gasteiger partial charge in [0.1, 0.15) is 5.69 Å². The highest BCUT2D eigenvalue weighted by Gasteiger charge is 2.15. The van der Waals surface area contributed by atoms with Crippen molar-refractivity contribution in [1.29, 1.82) is 0 Å². The molecule has 0 radical (unpaired) electrons. The molecule has 2 heterocycles. The van der Waals surface area contributed by atoms with Crippen molar-refractivity contribution in [2.45, 2.75) is 13.3 Å². The summed E-state index contributed by atoms with van der Waals surface area (Å²) in [4.78, 5) is 16.4. The van der Waals surface area contributed by atoms with E-state index in [4.69, 9.17) is 0 Å². The van der Waals surface area contributed by atoms with Gasteiger partial charge in [0.2, 0.25) is 0 Å². The predicted octanol–water partition coefficient (Wildman–Crippen LogP) is 1.04. The van der Waals surface area contributed by atoms with Crippen LogP contribution in [0.2, 0.25) is 0 Å². The van der Waals surface area contributed by atoms with Crippen molar-refractivity contribution in [3.63, 3.8) is 0 Å². The number of nitrogens with zero attached hydrogens (tertiary/aromatic N) is 5. The minimum absolute atomic E-state index is 0.162. The molecule has 0 unspecified atom stereocenters. The maximum absolute atomic E-state index is 12.1. The Labute approximate surface area is 117 Å². The van der Waals surface area contributed by atoms with E-state index in [9.17, 15) is 4.79 Å². The molecule has 1 amide bonds. The third-order valence-electron chi connectivity index (χ3n) is 2.75. The summed E-state index contributed by atoms with van der Waals surface area (Å²) < 4.78 is 3.22. The smallest absolute Gasteiger partial charge is 0.271 e. The molecule has 0 saturated carbocycles. The van der Waals surface area contributed by atoms with Gasteiger partial charge in [0.25, 0.3) is 5.91 Å². The Morgan fingerprint density at radius 2 is 2.20 bits per heavy atom. The minimum Gasteiger partial charge on any atom is -0.351 e. The Bertz CT molecular complexity index is 625.